The van der Waals surface area contributed by atoms with Crippen LogP contribution in [0.3, 0.4) is 0 Å². The molecule has 0 radical (unpaired) electrons. The summed E-state index contributed by atoms with van der Waals surface area (Å²) in [5.41, 5.74) is 5.80. The zero-order chi connectivity index (χ0) is 29.9. The van der Waals surface area contributed by atoms with Crippen molar-refractivity contribution >= 4 is 11.9 Å². The van der Waals surface area contributed by atoms with Crippen LogP contribution in [0.2, 0.25) is 0 Å². The van der Waals surface area contributed by atoms with Gasteiger partial charge in [0.25, 0.3) is 0 Å². The molecule has 2 atom stereocenters. The fourth-order valence-corrected chi connectivity index (χ4v) is 4.33. The number of carbonyl (C=O) groups is 2. The van der Waals surface area contributed by atoms with Crippen LogP contribution in [0.15, 0.2) is 122 Å². The maximum absolute atomic E-state index is 11.6. The Kier molecular flexibility index (Phi) is 10.3. The Morgan fingerprint density at radius 1 is 0.595 bits per heavy atom. The molecule has 0 heterocycles. The fraction of sp³-hybridized carbons (Fsp3) is 0.167. The van der Waals surface area contributed by atoms with E-state index in [9.17, 15) is 9.59 Å². The highest BCUT2D eigenvalue weighted by Gasteiger charge is 2.15. The molecule has 0 aliphatic carbocycles. The van der Waals surface area contributed by atoms with Crippen molar-refractivity contribution in [2.45, 2.75) is 26.1 Å². The normalized spacial score (nSPS) is 12.0. The van der Waals surface area contributed by atoms with Gasteiger partial charge in [-0.1, -0.05) is 86.0 Å². The van der Waals surface area contributed by atoms with Crippen LogP contribution >= 0.6 is 0 Å². The number of carbonyl (C=O) groups excluding carboxylic acids is 2. The lowest BCUT2D eigenvalue weighted by molar-refractivity contribution is -0.144. The lowest BCUT2D eigenvalue weighted by Crippen LogP contribution is -2.21. The summed E-state index contributed by atoms with van der Waals surface area (Å²) in [7, 11) is 0. The van der Waals surface area contributed by atoms with Gasteiger partial charge in [0, 0.05) is 23.3 Å². The van der Waals surface area contributed by atoms with Crippen molar-refractivity contribution in [1.82, 2.24) is 0 Å². The van der Waals surface area contributed by atoms with Gasteiger partial charge in [-0.2, -0.15) is 0 Å². The summed E-state index contributed by atoms with van der Waals surface area (Å²) in [4.78, 5) is 23.2. The lowest BCUT2D eigenvalue weighted by Gasteiger charge is -2.18. The molecule has 0 fully saturated rings. The first-order valence-corrected chi connectivity index (χ1v) is 13.7. The van der Waals surface area contributed by atoms with Crippen LogP contribution in [-0.2, 0) is 19.1 Å². The zero-order valence-corrected chi connectivity index (χ0v) is 23.8. The molecule has 0 saturated heterocycles. The van der Waals surface area contributed by atoms with Crippen molar-refractivity contribution in [1.29, 1.82) is 0 Å². The second-order valence-corrected chi connectivity index (χ2v) is 9.68. The third-order valence-corrected chi connectivity index (χ3v) is 6.38. The molecular formula is C36H34O6. The third kappa shape index (κ3) is 7.98. The number of hydrogen-bond acceptors (Lipinski definition) is 6. The Balaban J connectivity index is 1.67. The minimum absolute atomic E-state index is 0.198. The molecule has 4 rings (SSSR count). The van der Waals surface area contributed by atoms with Crippen LogP contribution < -0.4 is 9.47 Å². The molecule has 0 N–H and O–H groups in total. The van der Waals surface area contributed by atoms with Crippen LogP contribution in [0, 0.1) is 0 Å². The van der Waals surface area contributed by atoms with Crippen LogP contribution in [0.1, 0.15) is 13.8 Å². The molecule has 0 saturated carbocycles. The quantitative estimate of drug-likeness (QED) is 0.123. The highest BCUT2D eigenvalue weighted by Crippen LogP contribution is 2.38. The first kappa shape index (κ1) is 29.9. The summed E-state index contributed by atoms with van der Waals surface area (Å²) in [5, 5.41) is 0. The molecule has 0 aromatic heterocycles. The van der Waals surface area contributed by atoms with Crippen molar-refractivity contribution in [3.8, 4) is 44.9 Å². The van der Waals surface area contributed by atoms with Crippen molar-refractivity contribution in [2.24, 2.45) is 0 Å². The predicted molar refractivity (Wildman–Crippen MR) is 165 cm³/mol. The monoisotopic (exact) mass is 562 g/mol. The molecule has 0 spiro atoms. The lowest BCUT2D eigenvalue weighted by atomic mass is 9.95. The number of rotatable bonds is 13. The van der Waals surface area contributed by atoms with E-state index in [-0.39, 0.29) is 13.2 Å². The number of ether oxygens (including phenoxy) is 4. The van der Waals surface area contributed by atoms with Gasteiger partial charge in [-0.15, -0.1) is 0 Å². The van der Waals surface area contributed by atoms with E-state index in [1.54, 1.807) is 13.8 Å². The molecular weight excluding hydrogens is 528 g/mol. The SMILES string of the molecule is C=CC(=O)OC(C)COc1ccc(-c2ccc(OCC(C)OC(=O)C=C)c(-c3ccccc3)c2)cc1-c1ccccc1. The van der Waals surface area contributed by atoms with Gasteiger partial charge in [-0.3, -0.25) is 0 Å². The minimum atomic E-state index is -0.487. The average molecular weight is 563 g/mol. The number of hydrogen-bond donors (Lipinski definition) is 0. The third-order valence-electron chi connectivity index (χ3n) is 6.38. The van der Waals surface area contributed by atoms with E-state index in [4.69, 9.17) is 18.9 Å². The van der Waals surface area contributed by atoms with Gasteiger partial charge in [-0.05, 0) is 60.4 Å². The standard InChI is InChI=1S/C36H34O6/c1-5-35(37)41-25(3)23-39-33-19-17-29(21-31(33)27-13-9-7-10-14-27)30-18-20-34(40-24-26(4)42-36(38)6-2)32(22-30)28-15-11-8-12-16-28/h5-22,25-26H,1-2,23-24H2,3-4H3. The first-order valence-electron chi connectivity index (χ1n) is 13.7. The van der Waals surface area contributed by atoms with Gasteiger partial charge < -0.3 is 18.9 Å². The Morgan fingerprint density at radius 2 is 0.976 bits per heavy atom. The van der Waals surface area contributed by atoms with Crippen LogP contribution in [0.25, 0.3) is 33.4 Å². The van der Waals surface area contributed by atoms with Gasteiger partial charge in [-0.25, -0.2) is 9.59 Å². The van der Waals surface area contributed by atoms with E-state index < -0.39 is 24.1 Å². The molecule has 0 aliphatic heterocycles. The van der Waals surface area contributed by atoms with E-state index in [1.165, 1.54) is 0 Å². The molecule has 2 unspecified atom stereocenters. The highest BCUT2D eigenvalue weighted by atomic mass is 16.6. The fourth-order valence-electron chi connectivity index (χ4n) is 4.33. The summed E-state index contributed by atoms with van der Waals surface area (Å²) in [5.74, 6) is 0.382. The van der Waals surface area contributed by atoms with Gasteiger partial charge in [0.15, 0.2) is 0 Å². The Hall–Kier alpha value is -5.10. The molecule has 0 amide bonds. The second-order valence-electron chi connectivity index (χ2n) is 9.68. The van der Waals surface area contributed by atoms with E-state index in [2.05, 4.69) is 25.3 Å². The minimum Gasteiger partial charge on any atom is -0.489 e. The summed E-state index contributed by atoms with van der Waals surface area (Å²) in [6.45, 7) is 10.8. The van der Waals surface area contributed by atoms with Crippen molar-refractivity contribution in [3.63, 3.8) is 0 Å². The Labute approximate surface area is 246 Å². The van der Waals surface area contributed by atoms with Crippen LogP contribution in [0.4, 0.5) is 0 Å². The number of esters is 2. The van der Waals surface area contributed by atoms with Crippen molar-refractivity contribution < 1.29 is 28.5 Å². The van der Waals surface area contributed by atoms with Crippen LogP contribution in [-0.4, -0.2) is 37.4 Å². The molecule has 0 aliphatic rings. The van der Waals surface area contributed by atoms with E-state index in [0.717, 1.165) is 45.5 Å². The van der Waals surface area contributed by atoms with Gasteiger partial charge >= 0.3 is 11.9 Å². The highest BCUT2D eigenvalue weighted by molar-refractivity contribution is 5.83. The van der Waals surface area contributed by atoms with Crippen LogP contribution in [0.5, 0.6) is 11.5 Å². The number of benzene rings is 4. The molecule has 4 aromatic rings. The van der Waals surface area contributed by atoms with Gasteiger partial charge in [0.1, 0.15) is 36.9 Å². The molecule has 0 bridgehead atoms. The molecule has 4 aromatic carbocycles. The largest absolute Gasteiger partial charge is 0.489 e. The van der Waals surface area contributed by atoms with Gasteiger partial charge in [0.05, 0.1) is 0 Å². The summed E-state index contributed by atoms with van der Waals surface area (Å²) >= 11 is 0. The zero-order valence-electron chi connectivity index (χ0n) is 23.8. The van der Waals surface area contributed by atoms with Crippen molar-refractivity contribution in [2.75, 3.05) is 13.2 Å². The van der Waals surface area contributed by atoms with E-state index >= 15 is 0 Å². The first-order chi connectivity index (χ1) is 20.4. The summed E-state index contributed by atoms with van der Waals surface area (Å²) in [6.07, 6.45) is 1.39. The summed E-state index contributed by atoms with van der Waals surface area (Å²) < 4.78 is 22.8. The Morgan fingerprint density at radius 3 is 1.33 bits per heavy atom. The molecule has 42 heavy (non-hydrogen) atoms. The maximum atomic E-state index is 11.6. The predicted octanol–water partition coefficient (Wildman–Crippen LogP) is 7.68. The van der Waals surface area contributed by atoms with E-state index in [1.807, 2.05) is 84.9 Å². The topological polar surface area (TPSA) is 71.1 Å². The molecule has 6 heteroatoms. The smallest absolute Gasteiger partial charge is 0.330 e. The van der Waals surface area contributed by atoms with Crippen molar-refractivity contribution in [3.05, 3.63) is 122 Å². The Bertz CT molecular complexity index is 1410. The van der Waals surface area contributed by atoms with E-state index in [0.29, 0.717) is 11.5 Å². The molecule has 214 valence electrons. The second kappa shape index (κ2) is 14.5. The molecule has 6 nitrogen and oxygen atoms in total. The maximum Gasteiger partial charge on any atom is 0.330 e. The average Bonchev–Trinajstić information content (AvgIpc) is 3.03. The van der Waals surface area contributed by atoms with Gasteiger partial charge in [0.2, 0.25) is 0 Å². The summed E-state index contributed by atoms with van der Waals surface area (Å²) in [6, 6.07) is 32.0.